The predicted octanol–water partition coefficient (Wildman–Crippen LogP) is 4.15. The molecule has 4 nitrogen and oxygen atoms in total. The molecule has 5 heteroatoms. The van der Waals surface area contributed by atoms with E-state index in [4.69, 9.17) is 21.1 Å². The highest BCUT2D eigenvalue weighted by atomic mass is 35.5. The molecule has 2 aromatic rings. The summed E-state index contributed by atoms with van der Waals surface area (Å²) in [4.78, 5) is 24.6. The third-order valence-corrected chi connectivity index (χ3v) is 4.28. The Morgan fingerprint density at radius 2 is 2.00 bits per heavy atom. The van der Waals surface area contributed by atoms with E-state index in [2.05, 4.69) is 0 Å². The summed E-state index contributed by atoms with van der Waals surface area (Å²) in [5, 5.41) is 0.465. The highest BCUT2D eigenvalue weighted by Crippen LogP contribution is 2.40. The molecule has 1 unspecified atom stereocenters. The minimum Gasteiger partial charge on any atom is -0.466 e. The molecule has 1 aliphatic rings. The van der Waals surface area contributed by atoms with Gasteiger partial charge in [-0.25, -0.2) is 4.79 Å². The smallest absolute Gasteiger partial charge is 0.343 e. The Bertz CT molecular complexity index is 785. The van der Waals surface area contributed by atoms with Crippen LogP contribution >= 0.6 is 11.6 Å². The summed E-state index contributed by atoms with van der Waals surface area (Å²) in [6.45, 7) is 2.11. The number of fused-ring (bicyclic) bond motifs is 1. The Morgan fingerprint density at radius 1 is 1.21 bits per heavy atom. The van der Waals surface area contributed by atoms with Crippen LogP contribution in [-0.2, 0) is 16.0 Å². The van der Waals surface area contributed by atoms with Crippen LogP contribution in [0.15, 0.2) is 42.5 Å². The maximum Gasteiger partial charge on any atom is 0.343 e. The molecule has 1 aliphatic carbocycles. The standard InChI is InChI=1S/C19H17ClO4/c1-2-23-19(22)15-10-9-12-5-4-8-16(17(12)15)24-18(21)13-6-3-7-14(20)11-13/h3-8,11,15H,2,9-10H2,1H3. The first kappa shape index (κ1) is 16.5. The largest absolute Gasteiger partial charge is 0.466 e. The third kappa shape index (κ3) is 3.29. The summed E-state index contributed by atoms with van der Waals surface area (Å²) in [5.74, 6) is -0.751. The lowest BCUT2D eigenvalue weighted by Gasteiger charge is -2.15. The van der Waals surface area contributed by atoms with Crippen LogP contribution in [-0.4, -0.2) is 18.5 Å². The molecule has 0 spiro atoms. The molecule has 2 aromatic carbocycles. The normalized spacial score (nSPS) is 15.7. The number of halogens is 1. The van der Waals surface area contributed by atoms with E-state index in [9.17, 15) is 9.59 Å². The number of hydrogen-bond acceptors (Lipinski definition) is 4. The Kier molecular flexibility index (Phi) is 4.86. The van der Waals surface area contributed by atoms with E-state index >= 15 is 0 Å². The molecule has 0 radical (unpaired) electrons. The Hall–Kier alpha value is -2.33. The molecule has 0 aliphatic heterocycles. The van der Waals surface area contributed by atoms with Crippen molar-refractivity contribution < 1.29 is 19.1 Å². The van der Waals surface area contributed by atoms with E-state index in [0.29, 0.717) is 29.4 Å². The Balaban J connectivity index is 1.89. The van der Waals surface area contributed by atoms with Crippen molar-refractivity contribution in [3.05, 3.63) is 64.2 Å². The summed E-state index contributed by atoms with van der Waals surface area (Å²) in [7, 11) is 0. The van der Waals surface area contributed by atoms with Crippen molar-refractivity contribution in [2.75, 3.05) is 6.61 Å². The zero-order valence-electron chi connectivity index (χ0n) is 13.3. The van der Waals surface area contributed by atoms with Crippen molar-refractivity contribution in [1.82, 2.24) is 0 Å². The summed E-state index contributed by atoms with van der Waals surface area (Å²) in [6.07, 6.45) is 1.43. The SMILES string of the molecule is CCOC(=O)C1CCc2cccc(OC(=O)c3cccc(Cl)c3)c21. The highest BCUT2D eigenvalue weighted by molar-refractivity contribution is 6.30. The fourth-order valence-corrected chi connectivity index (χ4v) is 3.18. The molecule has 124 valence electrons. The number of carbonyl (C=O) groups excluding carboxylic acids is 2. The molecule has 0 fully saturated rings. The summed E-state index contributed by atoms with van der Waals surface area (Å²) < 4.78 is 10.7. The fraction of sp³-hybridized carbons (Fsp3) is 0.263. The quantitative estimate of drug-likeness (QED) is 0.617. The maximum atomic E-state index is 12.4. The van der Waals surface area contributed by atoms with E-state index < -0.39 is 5.97 Å². The first-order valence-electron chi connectivity index (χ1n) is 7.86. The third-order valence-electron chi connectivity index (χ3n) is 4.04. The van der Waals surface area contributed by atoms with Crippen LogP contribution in [0.5, 0.6) is 5.75 Å². The second kappa shape index (κ2) is 7.05. The van der Waals surface area contributed by atoms with Crippen LogP contribution in [0.25, 0.3) is 0 Å². The van der Waals surface area contributed by atoms with Gasteiger partial charge in [-0.05, 0) is 49.6 Å². The lowest BCUT2D eigenvalue weighted by Crippen LogP contribution is -2.16. The van der Waals surface area contributed by atoms with Gasteiger partial charge in [-0.15, -0.1) is 0 Å². The minimum atomic E-state index is -0.500. The van der Waals surface area contributed by atoms with Gasteiger partial charge in [0.05, 0.1) is 18.1 Å². The number of ether oxygens (including phenoxy) is 2. The topological polar surface area (TPSA) is 52.6 Å². The van der Waals surface area contributed by atoms with Crippen molar-refractivity contribution in [3.63, 3.8) is 0 Å². The van der Waals surface area contributed by atoms with Crippen molar-refractivity contribution in [1.29, 1.82) is 0 Å². The van der Waals surface area contributed by atoms with Crippen LogP contribution < -0.4 is 4.74 Å². The van der Waals surface area contributed by atoms with Crippen molar-refractivity contribution in [3.8, 4) is 5.75 Å². The van der Waals surface area contributed by atoms with Crippen LogP contribution in [0.1, 0.15) is 40.7 Å². The molecule has 0 heterocycles. The lowest BCUT2D eigenvalue weighted by molar-refractivity contribution is -0.144. The number of rotatable bonds is 4. The van der Waals surface area contributed by atoms with E-state index in [1.165, 1.54) is 0 Å². The van der Waals surface area contributed by atoms with Gasteiger partial charge in [-0.1, -0.05) is 29.8 Å². The van der Waals surface area contributed by atoms with E-state index in [0.717, 1.165) is 17.5 Å². The number of benzene rings is 2. The zero-order chi connectivity index (χ0) is 17.1. The second-order valence-corrected chi connectivity index (χ2v) is 6.01. The minimum absolute atomic E-state index is 0.275. The average Bonchev–Trinajstić information content (AvgIpc) is 3.00. The number of esters is 2. The molecule has 0 bridgehead atoms. The fourth-order valence-electron chi connectivity index (χ4n) is 2.99. The first-order valence-corrected chi connectivity index (χ1v) is 8.24. The monoisotopic (exact) mass is 344 g/mol. The zero-order valence-corrected chi connectivity index (χ0v) is 14.0. The van der Waals surface area contributed by atoms with Gasteiger partial charge in [-0.2, -0.15) is 0 Å². The summed E-state index contributed by atoms with van der Waals surface area (Å²) in [6, 6.07) is 12.1. The van der Waals surface area contributed by atoms with Crippen molar-refractivity contribution in [2.24, 2.45) is 0 Å². The Morgan fingerprint density at radius 3 is 2.75 bits per heavy atom. The lowest BCUT2D eigenvalue weighted by atomic mass is 10.0. The number of carbonyl (C=O) groups is 2. The van der Waals surface area contributed by atoms with Crippen molar-refractivity contribution in [2.45, 2.75) is 25.7 Å². The summed E-state index contributed by atoms with van der Waals surface area (Å²) >= 11 is 5.92. The average molecular weight is 345 g/mol. The molecular formula is C19H17ClO4. The van der Waals surface area contributed by atoms with E-state index in [-0.39, 0.29) is 11.9 Å². The van der Waals surface area contributed by atoms with Crippen LogP contribution in [0.3, 0.4) is 0 Å². The first-order chi connectivity index (χ1) is 11.6. The van der Waals surface area contributed by atoms with Gasteiger partial charge < -0.3 is 9.47 Å². The van der Waals surface area contributed by atoms with Gasteiger partial charge >= 0.3 is 11.9 Å². The molecule has 0 aromatic heterocycles. The number of aryl methyl sites for hydroxylation is 1. The van der Waals surface area contributed by atoms with E-state index in [1.807, 2.05) is 12.1 Å². The molecule has 3 rings (SSSR count). The van der Waals surface area contributed by atoms with E-state index in [1.54, 1.807) is 37.3 Å². The second-order valence-electron chi connectivity index (χ2n) is 5.57. The molecule has 24 heavy (non-hydrogen) atoms. The molecule has 0 saturated carbocycles. The van der Waals surface area contributed by atoms with Gasteiger partial charge in [0.2, 0.25) is 0 Å². The van der Waals surface area contributed by atoms with Gasteiger partial charge in [0.25, 0.3) is 0 Å². The molecule has 1 atom stereocenters. The van der Waals surface area contributed by atoms with Crippen molar-refractivity contribution >= 4 is 23.5 Å². The predicted molar refractivity (Wildman–Crippen MR) is 90.5 cm³/mol. The molecule has 0 amide bonds. The molecule has 0 N–H and O–H groups in total. The molecular weight excluding hydrogens is 328 g/mol. The maximum absolute atomic E-state index is 12.4. The van der Waals surface area contributed by atoms with Gasteiger partial charge in [0.1, 0.15) is 5.75 Å². The Labute approximate surface area is 145 Å². The van der Waals surface area contributed by atoms with Crippen LogP contribution in [0, 0.1) is 0 Å². The van der Waals surface area contributed by atoms with Crippen LogP contribution in [0.4, 0.5) is 0 Å². The van der Waals surface area contributed by atoms with Gasteiger partial charge in [0.15, 0.2) is 0 Å². The number of hydrogen-bond donors (Lipinski definition) is 0. The van der Waals surface area contributed by atoms with Crippen LogP contribution in [0.2, 0.25) is 5.02 Å². The van der Waals surface area contributed by atoms with Gasteiger partial charge in [0, 0.05) is 10.6 Å². The highest BCUT2D eigenvalue weighted by Gasteiger charge is 2.33. The van der Waals surface area contributed by atoms with Gasteiger partial charge in [-0.3, -0.25) is 4.79 Å². The summed E-state index contributed by atoms with van der Waals surface area (Å²) in [5.41, 5.74) is 2.14. The molecule has 0 saturated heterocycles.